The molecule has 6 nitrogen and oxygen atoms in total. The maximum absolute atomic E-state index is 11.9. The Kier molecular flexibility index (Phi) is 3.73. The van der Waals surface area contributed by atoms with Gasteiger partial charge in [0.25, 0.3) is 0 Å². The first-order valence-electron chi connectivity index (χ1n) is 9.26. The number of hydrogen-bond acceptors (Lipinski definition) is 6. The standard InChI is InChI=1S/C24H14O6/c1-11-7-17-19(23(27)29-21(17)25)9-15(11)13-3-5-14(6-4-13)16-10-20-18(8-12(16)2)22(26)30-24(20)28/h3-10H,1-2H3. The van der Waals surface area contributed by atoms with Crippen LogP contribution in [0.3, 0.4) is 0 Å². The van der Waals surface area contributed by atoms with Crippen LogP contribution in [0, 0.1) is 13.8 Å². The Labute approximate surface area is 171 Å². The Morgan fingerprint density at radius 1 is 0.467 bits per heavy atom. The first kappa shape index (κ1) is 18.0. The van der Waals surface area contributed by atoms with E-state index in [9.17, 15) is 19.2 Å². The number of carbonyl (C=O) groups is 4. The van der Waals surface area contributed by atoms with Crippen LogP contribution in [-0.2, 0) is 9.47 Å². The van der Waals surface area contributed by atoms with Crippen molar-refractivity contribution >= 4 is 23.9 Å². The fourth-order valence-electron chi connectivity index (χ4n) is 3.93. The van der Waals surface area contributed by atoms with Crippen LogP contribution in [-0.4, -0.2) is 23.9 Å². The molecule has 2 aliphatic rings. The van der Waals surface area contributed by atoms with Gasteiger partial charge in [-0.3, -0.25) is 0 Å². The molecule has 6 heteroatoms. The zero-order valence-electron chi connectivity index (χ0n) is 16.1. The summed E-state index contributed by atoms with van der Waals surface area (Å²) in [7, 11) is 0. The minimum absolute atomic E-state index is 0.266. The highest BCUT2D eigenvalue weighted by molar-refractivity contribution is 6.16. The van der Waals surface area contributed by atoms with Crippen LogP contribution in [0.2, 0.25) is 0 Å². The average Bonchev–Trinajstić information content (AvgIpc) is 3.15. The highest BCUT2D eigenvalue weighted by Gasteiger charge is 2.31. The van der Waals surface area contributed by atoms with Crippen molar-refractivity contribution in [2.24, 2.45) is 0 Å². The summed E-state index contributed by atoms with van der Waals surface area (Å²) >= 11 is 0. The summed E-state index contributed by atoms with van der Waals surface area (Å²) in [5, 5.41) is 0. The Morgan fingerprint density at radius 3 is 1.10 bits per heavy atom. The molecule has 0 aromatic heterocycles. The SMILES string of the molecule is Cc1cc2c(cc1-c1ccc(-c3cc4c(cc3C)C(=O)OC4=O)cc1)C(=O)OC2=O. The van der Waals surface area contributed by atoms with Crippen molar-refractivity contribution in [2.45, 2.75) is 13.8 Å². The topological polar surface area (TPSA) is 86.7 Å². The molecule has 146 valence electrons. The molecule has 30 heavy (non-hydrogen) atoms. The van der Waals surface area contributed by atoms with Gasteiger partial charge < -0.3 is 9.47 Å². The Balaban J connectivity index is 1.55. The molecular weight excluding hydrogens is 384 g/mol. The third-order valence-electron chi connectivity index (χ3n) is 5.49. The van der Waals surface area contributed by atoms with Crippen molar-refractivity contribution in [3.63, 3.8) is 0 Å². The molecule has 2 heterocycles. The quantitative estimate of drug-likeness (QED) is 0.474. The number of ether oxygens (including phenoxy) is 2. The van der Waals surface area contributed by atoms with E-state index < -0.39 is 23.9 Å². The van der Waals surface area contributed by atoms with Crippen LogP contribution in [0.5, 0.6) is 0 Å². The normalized spacial score (nSPS) is 14.5. The molecule has 3 aromatic carbocycles. The van der Waals surface area contributed by atoms with Crippen molar-refractivity contribution in [1.82, 2.24) is 0 Å². The number of fused-ring (bicyclic) bond motifs is 2. The van der Waals surface area contributed by atoms with Gasteiger partial charge in [0.2, 0.25) is 0 Å². The van der Waals surface area contributed by atoms with Gasteiger partial charge in [-0.15, -0.1) is 0 Å². The van der Waals surface area contributed by atoms with Crippen molar-refractivity contribution in [3.8, 4) is 22.3 Å². The van der Waals surface area contributed by atoms with Gasteiger partial charge >= 0.3 is 23.9 Å². The van der Waals surface area contributed by atoms with E-state index in [4.69, 9.17) is 0 Å². The molecule has 5 rings (SSSR count). The third-order valence-corrected chi connectivity index (χ3v) is 5.49. The minimum atomic E-state index is -0.636. The molecule has 0 atom stereocenters. The van der Waals surface area contributed by atoms with Gasteiger partial charge in [-0.25, -0.2) is 19.2 Å². The van der Waals surface area contributed by atoms with Gasteiger partial charge in [-0.2, -0.15) is 0 Å². The van der Waals surface area contributed by atoms with Crippen molar-refractivity contribution in [2.75, 3.05) is 0 Å². The fourth-order valence-corrected chi connectivity index (χ4v) is 3.93. The van der Waals surface area contributed by atoms with Crippen molar-refractivity contribution < 1.29 is 28.7 Å². The van der Waals surface area contributed by atoms with Gasteiger partial charge in [-0.1, -0.05) is 24.3 Å². The summed E-state index contributed by atoms with van der Waals surface area (Å²) < 4.78 is 9.36. The molecule has 0 spiro atoms. The Morgan fingerprint density at radius 2 is 0.767 bits per heavy atom. The maximum atomic E-state index is 11.9. The second-order valence-corrected chi connectivity index (χ2v) is 7.36. The smallest absolute Gasteiger partial charge is 0.346 e. The Bertz CT molecular complexity index is 1210. The number of cyclic esters (lactones) is 4. The lowest BCUT2D eigenvalue weighted by molar-refractivity contribution is 0.0425. The largest absolute Gasteiger partial charge is 0.386 e. The predicted molar refractivity (Wildman–Crippen MR) is 106 cm³/mol. The highest BCUT2D eigenvalue weighted by atomic mass is 16.6. The number of aryl methyl sites for hydroxylation is 2. The summed E-state index contributed by atoms with van der Waals surface area (Å²) in [4.78, 5) is 47.2. The van der Waals surface area contributed by atoms with E-state index >= 15 is 0 Å². The van der Waals surface area contributed by atoms with Crippen molar-refractivity contribution in [1.29, 1.82) is 0 Å². The minimum Gasteiger partial charge on any atom is -0.386 e. The fraction of sp³-hybridized carbons (Fsp3) is 0.0833. The first-order valence-corrected chi connectivity index (χ1v) is 9.26. The number of benzene rings is 3. The molecule has 0 unspecified atom stereocenters. The summed E-state index contributed by atoms with van der Waals surface area (Å²) in [5.41, 5.74) is 6.20. The third kappa shape index (κ3) is 2.58. The zero-order chi connectivity index (χ0) is 21.2. The number of carbonyl (C=O) groups excluding carboxylic acids is 4. The number of rotatable bonds is 2. The maximum Gasteiger partial charge on any atom is 0.346 e. The summed E-state index contributed by atoms with van der Waals surface area (Å²) in [5.74, 6) is -2.51. The molecule has 0 radical (unpaired) electrons. The number of esters is 4. The van der Waals surface area contributed by atoms with E-state index in [1.807, 2.05) is 38.1 Å². The number of hydrogen-bond donors (Lipinski definition) is 0. The molecule has 0 saturated carbocycles. The molecular formula is C24H14O6. The zero-order valence-corrected chi connectivity index (χ0v) is 16.1. The second kappa shape index (κ2) is 6.22. The van der Waals surface area contributed by atoms with Crippen LogP contribution in [0.4, 0.5) is 0 Å². The van der Waals surface area contributed by atoms with E-state index in [1.54, 1.807) is 24.3 Å². The molecule has 0 fully saturated rings. The highest BCUT2D eigenvalue weighted by Crippen LogP contribution is 2.34. The van der Waals surface area contributed by atoms with E-state index in [1.165, 1.54) is 0 Å². The van der Waals surface area contributed by atoms with E-state index in [-0.39, 0.29) is 22.3 Å². The summed E-state index contributed by atoms with van der Waals surface area (Å²) in [6.07, 6.45) is 0. The monoisotopic (exact) mass is 398 g/mol. The van der Waals surface area contributed by atoms with E-state index in [2.05, 4.69) is 9.47 Å². The van der Waals surface area contributed by atoms with Crippen LogP contribution in [0.15, 0.2) is 48.5 Å². The van der Waals surface area contributed by atoms with Crippen LogP contribution >= 0.6 is 0 Å². The first-order chi connectivity index (χ1) is 14.3. The van der Waals surface area contributed by atoms with Gasteiger partial charge in [0.15, 0.2) is 0 Å². The van der Waals surface area contributed by atoms with Crippen molar-refractivity contribution in [3.05, 3.63) is 81.9 Å². The van der Waals surface area contributed by atoms with E-state index in [0.29, 0.717) is 0 Å². The van der Waals surface area contributed by atoms with Gasteiger partial charge in [0, 0.05) is 0 Å². The summed E-state index contributed by atoms with van der Waals surface area (Å²) in [6, 6.07) is 14.3. The lowest BCUT2D eigenvalue weighted by atomic mass is 9.92. The lowest BCUT2D eigenvalue weighted by Gasteiger charge is -2.11. The average molecular weight is 398 g/mol. The second-order valence-electron chi connectivity index (χ2n) is 7.36. The van der Waals surface area contributed by atoms with Gasteiger partial charge in [0.1, 0.15) is 0 Å². The van der Waals surface area contributed by atoms with E-state index in [0.717, 1.165) is 33.4 Å². The Hall–Kier alpha value is -4.06. The van der Waals surface area contributed by atoms with Gasteiger partial charge in [0.05, 0.1) is 22.3 Å². The van der Waals surface area contributed by atoms with Gasteiger partial charge in [-0.05, 0) is 71.5 Å². The molecule has 0 amide bonds. The molecule has 2 aliphatic heterocycles. The molecule has 3 aromatic rings. The molecule has 0 aliphatic carbocycles. The van der Waals surface area contributed by atoms with Crippen LogP contribution < -0.4 is 0 Å². The predicted octanol–water partition coefficient (Wildman–Crippen LogP) is 4.26. The molecule has 0 N–H and O–H groups in total. The molecule has 0 bridgehead atoms. The lowest BCUT2D eigenvalue weighted by Crippen LogP contribution is -1.96. The van der Waals surface area contributed by atoms with Crippen LogP contribution in [0.25, 0.3) is 22.3 Å². The molecule has 0 saturated heterocycles. The summed E-state index contributed by atoms with van der Waals surface area (Å²) in [6.45, 7) is 3.74. The van der Waals surface area contributed by atoms with Crippen LogP contribution in [0.1, 0.15) is 52.6 Å².